The number of carbonyl (C=O) groups excluding carboxylic acids is 2. The fraction of sp³-hybridized carbons (Fsp3) is 0.300. The van der Waals surface area contributed by atoms with Crippen molar-refractivity contribution in [3.05, 3.63) is 53.4 Å². The van der Waals surface area contributed by atoms with Crippen LogP contribution in [-0.2, 0) is 4.79 Å². The first kappa shape index (κ1) is 18.4. The van der Waals surface area contributed by atoms with E-state index in [1.807, 2.05) is 24.3 Å². The molecular weight excluding hydrogens is 380 g/mol. The highest BCUT2D eigenvalue weighted by Gasteiger charge is 2.27. The first-order valence-corrected chi connectivity index (χ1v) is 9.53. The van der Waals surface area contributed by atoms with Crippen molar-refractivity contribution in [2.45, 2.75) is 37.8 Å². The van der Waals surface area contributed by atoms with Gasteiger partial charge in [-0.25, -0.2) is 9.97 Å². The lowest BCUT2D eigenvalue weighted by atomic mass is 9.92. The van der Waals surface area contributed by atoms with E-state index in [9.17, 15) is 9.59 Å². The smallest absolute Gasteiger partial charge is 0.316 e. The Morgan fingerprint density at radius 3 is 2.57 bits per heavy atom. The Bertz CT molecular complexity index is 994. The monoisotopic (exact) mass is 398 g/mol. The zero-order valence-electron chi connectivity index (χ0n) is 15.0. The first-order chi connectivity index (χ1) is 13.6. The standard InChI is InChI=1S/C20H19ClN4O3/c21-12-9-23-20(24-10-12)28-14-7-5-13(6-8-14)25-19(27)18(26)16-11-22-17-4-2-1-3-15(16)17/h1-4,9-11,13-14,22H,5-8H2,(H,25,27). The predicted octanol–water partition coefficient (Wildman–Crippen LogP) is 3.30. The van der Waals surface area contributed by atoms with Crippen LogP contribution in [0.4, 0.5) is 0 Å². The molecule has 4 rings (SSSR count). The number of hydrogen-bond donors (Lipinski definition) is 2. The van der Waals surface area contributed by atoms with Crippen LogP contribution >= 0.6 is 11.6 Å². The molecular formula is C20H19ClN4O3. The van der Waals surface area contributed by atoms with Crippen molar-refractivity contribution in [3.63, 3.8) is 0 Å². The number of benzene rings is 1. The fourth-order valence-corrected chi connectivity index (χ4v) is 3.57. The summed E-state index contributed by atoms with van der Waals surface area (Å²) in [5.74, 6) is -1.10. The second kappa shape index (κ2) is 7.98. The lowest BCUT2D eigenvalue weighted by molar-refractivity contribution is -0.118. The van der Waals surface area contributed by atoms with Crippen molar-refractivity contribution in [2.24, 2.45) is 0 Å². The largest absolute Gasteiger partial charge is 0.460 e. The van der Waals surface area contributed by atoms with E-state index < -0.39 is 11.7 Å². The van der Waals surface area contributed by atoms with Crippen molar-refractivity contribution in [2.75, 3.05) is 0 Å². The number of H-pyrrole nitrogens is 1. The number of para-hydroxylation sites is 1. The molecule has 2 aromatic heterocycles. The van der Waals surface area contributed by atoms with E-state index in [4.69, 9.17) is 16.3 Å². The first-order valence-electron chi connectivity index (χ1n) is 9.15. The van der Waals surface area contributed by atoms with Gasteiger partial charge in [0, 0.05) is 23.1 Å². The summed E-state index contributed by atoms with van der Waals surface area (Å²) in [7, 11) is 0. The molecule has 0 spiro atoms. The summed E-state index contributed by atoms with van der Waals surface area (Å²) in [6.07, 6.45) is 7.51. The van der Waals surface area contributed by atoms with Crippen LogP contribution in [0.5, 0.6) is 6.01 Å². The number of ketones is 1. The summed E-state index contributed by atoms with van der Waals surface area (Å²) >= 11 is 5.77. The third-order valence-electron chi connectivity index (χ3n) is 4.92. The van der Waals surface area contributed by atoms with E-state index in [0.29, 0.717) is 16.6 Å². The van der Waals surface area contributed by atoms with Gasteiger partial charge in [0.05, 0.1) is 23.0 Å². The zero-order valence-corrected chi connectivity index (χ0v) is 15.8. The van der Waals surface area contributed by atoms with Crippen LogP contribution in [0.15, 0.2) is 42.9 Å². The van der Waals surface area contributed by atoms with Gasteiger partial charge in [-0.1, -0.05) is 29.8 Å². The van der Waals surface area contributed by atoms with Crippen molar-refractivity contribution in [1.82, 2.24) is 20.3 Å². The summed E-state index contributed by atoms with van der Waals surface area (Å²) in [6, 6.07) is 7.67. The van der Waals surface area contributed by atoms with E-state index in [1.165, 1.54) is 12.4 Å². The van der Waals surface area contributed by atoms with Gasteiger partial charge < -0.3 is 15.0 Å². The molecule has 0 bridgehead atoms. The van der Waals surface area contributed by atoms with Gasteiger partial charge in [-0.05, 0) is 31.7 Å². The molecule has 1 amide bonds. The summed E-state index contributed by atoms with van der Waals surface area (Å²) in [5, 5.41) is 4.07. The molecule has 0 unspecified atom stereocenters. The molecule has 1 saturated carbocycles. The quantitative estimate of drug-likeness (QED) is 0.507. The van der Waals surface area contributed by atoms with Crippen molar-refractivity contribution >= 4 is 34.2 Å². The second-order valence-corrected chi connectivity index (χ2v) is 7.26. The third kappa shape index (κ3) is 3.99. The molecule has 0 radical (unpaired) electrons. The Morgan fingerprint density at radius 1 is 1.11 bits per heavy atom. The lowest BCUT2D eigenvalue weighted by Gasteiger charge is -2.28. The highest BCUT2D eigenvalue weighted by atomic mass is 35.5. The number of amides is 1. The number of carbonyl (C=O) groups is 2. The number of aromatic amines is 1. The lowest BCUT2D eigenvalue weighted by Crippen LogP contribution is -2.42. The van der Waals surface area contributed by atoms with Crippen LogP contribution in [0.25, 0.3) is 10.9 Å². The van der Waals surface area contributed by atoms with E-state index in [1.54, 1.807) is 6.20 Å². The van der Waals surface area contributed by atoms with Crippen LogP contribution in [0.3, 0.4) is 0 Å². The van der Waals surface area contributed by atoms with Gasteiger partial charge in [-0.2, -0.15) is 0 Å². The van der Waals surface area contributed by atoms with Crippen molar-refractivity contribution < 1.29 is 14.3 Å². The normalized spacial score (nSPS) is 19.3. The zero-order chi connectivity index (χ0) is 19.5. The van der Waals surface area contributed by atoms with Crippen LogP contribution in [0.1, 0.15) is 36.0 Å². The highest BCUT2D eigenvalue weighted by Crippen LogP contribution is 2.23. The Labute approximate surface area is 166 Å². The van der Waals surface area contributed by atoms with Gasteiger partial charge in [0.2, 0.25) is 0 Å². The molecule has 28 heavy (non-hydrogen) atoms. The van der Waals surface area contributed by atoms with Gasteiger partial charge in [0.25, 0.3) is 11.7 Å². The molecule has 2 N–H and O–H groups in total. The Morgan fingerprint density at radius 2 is 1.82 bits per heavy atom. The van der Waals surface area contributed by atoms with Gasteiger partial charge in [-0.3, -0.25) is 9.59 Å². The van der Waals surface area contributed by atoms with Crippen LogP contribution in [0, 0.1) is 0 Å². The SMILES string of the molecule is O=C(NC1CCC(Oc2ncc(Cl)cn2)CC1)C(=O)c1c[nH]c2ccccc12. The van der Waals surface area contributed by atoms with E-state index >= 15 is 0 Å². The molecule has 8 heteroatoms. The van der Waals surface area contributed by atoms with Gasteiger partial charge in [0.1, 0.15) is 6.10 Å². The minimum Gasteiger partial charge on any atom is -0.460 e. The van der Waals surface area contributed by atoms with Gasteiger partial charge >= 0.3 is 6.01 Å². The molecule has 0 saturated heterocycles. The molecule has 2 heterocycles. The van der Waals surface area contributed by atoms with Crippen molar-refractivity contribution in [1.29, 1.82) is 0 Å². The Hall–Kier alpha value is -2.93. The fourth-order valence-electron chi connectivity index (χ4n) is 3.47. The molecule has 0 aliphatic heterocycles. The summed E-state index contributed by atoms with van der Waals surface area (Å²) < 4.78 is 5.75. The average molecular weight is 399 g/mol. The number of Topliss-reactive ketones (excluding diaryl/α,β-unsaturated/α-hetero) is 1. The topological polar surface area (TPSA) is 97.0 Å². The molecule has 0 atom stereocenters. The minimum absolute atomic E-state index is 0.0151. The Kier molecular flexibility index (Phi) is 5.25. The van der Waals surface area contributed by atoms with Crippen LogP contribution in [-0.4, -0.2) is 38.8 Å². The summed E-state index contributed by atoms with van der Waals surface area (Å²) in [6.45, 7) is 0. The molecule has 144 valence electrons. The van der Waals surface area contributed by atoms with Crippen LogP contribution in [0.2, 0.25) is 5.02 Å². The van der Waals surface area contributed by atoms with E-state index in [2.05, 4.69) is 20.3 Å². The number of nitrogens with zero attached hydrogens (tertiary/aromatic N) is 2. The number of hydrogen-bond acceptors (Lipinski definition) is 5. The number of ether oxygens (including phenoxy) is 1. The molecule has 1 aliphatic rings. The van der Waals surface area contributed by atoms with Gasteiger partial charge in [-0.15, -0.1) is 0 Å². The Balaban J connectivity index is 1.31. The summed E-state index contributed by atoms with van der Waals surface area (Å²) in [4.78, 5) is 36.1. The number of halogens is 1. The maximum Gasteiger partial charge on any atom is 0.316 e. The second-order valence-electron chi connectivity index (χ2n) is 6.83. The van der Waals surface area contributed by atoms with Crippen LogP contribution < -0.4 is 10.1 Å². The van der Waals surface area contributed by atoms with Gasteiger partial charge in [0.15, 0.2) is 0 Å². The average Bonchev–Trinajstić information content (AvgIpc) is 3.14. The van der Waals surface area contributed by atoms with E-state index in [0.717, 1.165) is 36.6 Å². The highest BCUT2D eigenvalue weighted by molar-refractivity contribution is 6.45. The third-order valence-corrected chi connectivity index (χ3v) is 5.11. The molecule has 1 aliphatic carbocycles. The summed E-state index contributed by atoms with van der Waals surface area (Å²) in [5.41, 5.74) is 1.23. The van der Waals surface area contributed by atoms with Crippen molar-refractivity contribution in [3.8, 4) is 6.01 Å². The maximum atomic E-state index is 12.5. The molecule has 1 aromatic carbocycles. The maximum absolute atomic E-state index is 12.5. The number of nitrogens with one attached hydrogen (secondary N) is 2. The predicted molar refractivity (Wildman–Crippen MR) is 104 cm³/mol. The molecule has 7 nitrogen and oxygen atoms in total. The number of fused-ring (bicyclic) bond motifs is 1. The molecule has 1 fully saturated rings. The van der Waals surface area contributed by atoms with E-state index in [-0.39, 0.29) is 12.1 Å². The molecule has 3 aromatic rings. The number of aromatic nitrogens is 3. The minimum atomic E-state index is -0.574. The number of rotatable bonds is 5.